The summed E-state index contributed by atoms with van der Waals surface area (Å²) in [4.78, 5) is 2.33. The normalized spacial score (nSPS) is 11.7. The molecular formula is C26H32N2O4S. The third kappa shape index (κ3) is 6.57. The lowest BCUT2D eigenvalue weighted by molar-refractivity contribution is 0.395. The lowest BCUT2D eigenvalue weighted by Gasteiger charge is -2.24. The van der Waals surface area contributed by atoms with Crippen molar-refractivity contribution in [2.24, 2.45) is 0 Å². The van der Waals surface area contributed by atoms with E-state index in [0.717, 1.165) is 33.8 Å². The first-order chi connectivity index (χ1) is 15.7. The van der Waals surface area contributed by atoms with Crippen molar-refractivity contribution in [2.75, 3.05) is 28.3 Å². The van der Waals surface area contributed by atoms with Crippen molar-refractivity contribution in [1.29, 1.82) is 0 Å². The Hall–Kier alpha value is -2.87. The monoisotopic (exact) mass is 468 g/mol. The largest absolute Gasteiger partial charge is 0.497 e. The highest BCUT2D eigenvalue weighted by atomic mass is 32.2. The number of hydrogen-bond acceptors (Lipinski definition) is 5. The molecule has 0 amide bonds. The van der Waals surface area contributed by atoms with Crippen molar-refractivity contribution in [1.82, 2.24) is 9.21 Å². The van der Waals surface area contributed by atoms with Gasteiger partial charge in [-0.3, -0.25) is 0 Å². The van der Waals surface area contributed by atoms with Gasteiger partial charge in [-0.25, -0.2) is 8.42 Å². The first-order valence-electron chi connectivity index (χ1n) is 10.7. The van der Waals surface area contributed by atoms with Crippen LogP contribution in [0.3, 0.4) is 0 Å². The van der Waals surface area contributed by atoms with E-state index in [1.807, 2.05) is 80.5 Å². The second kappa shape index (κ2) is 10.8. The van der Waals surface area contributed by atoms with Gasteiger partial charge in [0, 0.05) is 19.6 Å². The lowest BCUT2D eigenvalue weighted by atomic mass is 10.1. The Bertz CT molecular complexity index is 1110. The first kappa shape index (κ1) is 24.8. The standard InChI is InChI=1S/C26H32N2O4S/c1-20-14-23(17-27(2)3)16-26(15-20)33(29,30)28(18-21-6-10-24(31-4)11-7-21)19-22-8-12-25(32-5)13-9-22/h6-16H,17-19H2,1-5H3. The lowest BCUT2D eigenvalue weighted by Crippen LogP contribution is -2.30. The van der Waals surface area contributed by atoms with Crippen molar-refractivity contribution in [3.8, 4) is 11.5 Å². The van der Waals surface area contributed by atoms with Gasteiger partial charge >= 0.3 is 0 Å². The molecule has 0 aliphatic carbocycles. The fourth-order valence-corrected chi connectivity index (χ4v) is 5.25. The van der Waals surface area contributed by atoms with Crippen molar-refractivity contribution < 1.29 is 17.9 Å². The molecule has 0 unspecified atom stereocenters. The molecule has 7 heteroatoms. The van der Waals surface area contributed by atoms with Crippen molar-refractivity contribution in [2.45, 2.75) is 31.5 Å². The van der Waals surface area contributed by atoms with Crippen molar-refractivity contribution in [3.63, 3.8) is 0 Å². The fraction of sp³-hybridized carbons (Fsp3) is 0.308. The quantitative estimate of drug-likeness (QED) is 0.440. The van der Waals surface area contributed by atoms with E-state index in [-0.39, 0.29) is 13.1 Å². The van der Waals surface area contributed by atoms with Gasteiger partial charge in [-0.1, -0.05) is 30.3 Å². The molecule has 0 bridgehead atoms. The van der Waals surface area contributed by atoms with Crippen LogP contribution >= 0.6 is 0 Å². The number of aryl methyl sites for hydroxylation is 1. The summed E-state index contributed by atoms with van der Waals surface area (Å²) < 4.78 is 39.7. The molecule has 33 heavy (non-hydrogen) atoms. The van der Waals surface area contributed by atoms with E-state index in [1.165, 1.54) is 4.31 Å². The predicted molar refractivity (Wildman–Crippen MR) is 131 cm³/mol. The molecule has 0 aromatic heterocycles. The molecular weight excluding hydrogens is 436 g/mol. The van der Waals surface area contributed by atoms with Gasteiger partial charge in [-0.15, -0.1) is 0 Å². The molecule has 0 aliphatic rings. The summed E-state index contributed by atoms with van der Waals surface area (Å²) in [6.07, 6.45) is 0. The molecule has 0 N–H and O–H groups in total. The van der Waals surface area contributed by atoms with Crippen LogP contribution in [-0.2, 0) is 29.7 Å². The summed E-state index contributed by atoms with van der Waals surface area (Å²) in [5.41, 5.74) is 3.65. The summed E-state index contributed by atoms with van der Waals surface area (Å²) in [5.74, 6) is 1.46. The van der Waals surface area contributed by atoms with Crippen LogP contribution in [-0.4, -0.2) is 45.9 Å². The van der Waals surface area contributed by atoms with Gasteiger partial charge in [-0.2, -0.15) is 4.31 Å². The fourth-order valence-electron chi connectivity index (χ4n) is 3.67. The summed E-state index contributed by atoms with van der Waals surface area (Å²) in [6.45, 7) is 3.08. The summed E-state index contributed by atoms with van der Waals surface area (Å²) in [7, 11) is 3.40. The average Bonchev–Trinajstić information content (AvgIpc) is 2.78. The Kier molecular flexibility index (Phi) is 8.13. The molecule has 0 atom stereocenters. The maximum atomic E-state index is 13.8. The van der Waals surface area contributed by atoms with Gasteiger partial charge in [0.25, 0.3) is 0 Å². The predicted octanol–water partition coefficient (Wildman–Crippen LogP) is 4.46. The molecule has 0 spiro atoms. The maximum absolute atomic E-state index is 13.8. The number of hydrogen-bond donors (Lipinski definition) is 0. The SMILES string of the molecule is COc1ccc(CN(Cc2ccc(OC)cc2)S(=O)(=O)c2cc(C)cc(CN(C)C)c2)cc1. The first-order valence-corrected chi connectivity index (χ1v) is 12.2. The molecule has 0 fully saturated rings. The zero-order chi connectivity index (χ0) is 24.0. The molecule has 6 nitrogen and oxygen atoms in total. The van der Waals surface area contributed by atoms with E-state index in [2.05, 4.69) is 0 Å². The van der Waals surface area contributed by atoms with Gasteiger partial charge in [0.15, 0.2) is 0 Å². The molecule has 0 heterocycles. The number of rotatable bonds is 10. The minimum atomic E-state index is -3.76. The van der Waals surface area contributed by atoms with E-state index in [4.69, 9.17) is 9.47 Å². The van der Waals surface area contributed by atoms with Gasteiger partial charge in [0.2, 0.25) is 10.0 Å². The van der Waals surface area contributed by atoms with E-state index >= 15 is 0 Å². The Labute approximate surface area is 197 Å². The van der Waals surface area contributed by atoms with Crippen LogP contribution < -0.4 is 9.47 Å². The van der Waals surface area contributed by atoms with Crippen LogP contribution in [0.15, 0.2) is 71.6 Å². The van der Waals surface area contributed by atoms with E-state index in [0.29, 0.717) is 11.4 Å². The molecule has 0 saturated carbocycles. The van der Waals surface area contributed by atoms with Crippen LogP contribution in [0.25, 0.3) is 0 Å². The van der Waals surface area contributed by atoms with E-state index < -0.39 is 10.0 Å². The summed E-state index contributed by atoms with van der Waals surface area (Å²) in [5, 5.41) is 0. The van der Waals surface area contributed by atoms with Gasteiger partial charge in [0.05, 0.1) is 19.1 Å². The Morgan fingerprint density at radius 1 is 0.697 bits per heavy atom. The molecule has 0 saturated heterocycles. The van der Waals surface area contributed by atoms with Gasteiger partial charge in [0.1, 0.15) is 11.5 Å². The Morgan fingerprint density at radius 3 is 1.61 bits per heavy atom. The number of methoxy groups -OCH3 is 2. The second-order valence-corrected chi connectivity index (χ2v) is 10.3. The highest BCUT2D eigenvalue weighted by Gasteiger charge is 2.26. The van der Waals surface area contributed by atoms with Crippen LogP contribution in [0.5, 0.6) is 11.5 Å². The molecule has 0 radical (unpaired) electrons. The zero-order valence-corrected chi connectivity index (χ0v) is 20.7. The summed E-state index contributed by atoms with van der Waals surface area (Å²) in [6, 6.07) is 20.5. The number of sulfonamides is 1. The molecule has 3 aromatic rings. The third-order valence-electron chi connectivity index (χ3n) is 5.28. The van der Waals surface area contributed by atoms with Gasteiger partial charge < -0.3 is 14.4 Å². The van der Waals surface area contributed by atoms with Crippen molar-refractivity contribution >= 4 is 10.0 Å². The van der Waals surface area contributed by atoms with Crippen LogP contribution in [0.1, 0.15) is 22.3 Å². The molecule has 176 valence electrons. The van der Waals surface area contributed by atoms with Crippen LogP contribution in [0.4, 0.5) is 0 Å². The van der Waals surface area contributed by atoms with Crippen LogP contribution in [0, 0.1) is 6.92 Å². The zero-order valence-electron chi connectivity index (χ0n) is 19.9. The minimum absolute atomic E-state index is 0.245. The van der Waals surface area contributed by atoms with Crippen molar-refractivity contribution in [3.05, 3.63) is 89.0 Å². The average molecular weight is 469 g/mol. The van der Waals surface area contributed by atoms with Crippen LogP contribution in [0.2, 0.25) is 0 Å². The topological polar surface area (TPSA) is 59.1 Å². The Morgan fingerprint density at radius 2 is 1.18 bits per heavy atom. The highest BCUT2D eigenvalue weighted by Crippen LogP contribution is 2.25. The number of nitrogens with zero attached hydrogens (tertiary/aromatic N) is 2. The maximum Gasteiger partial charge on any atom is 0.243 e. The number of ether oxygens (including phenoxy) is 2. The number of benzene rings is 3. The second-order valence-electron chi connectivity index (χ2n) is 8.36. The Balaban J connectivity index is 1.99. The molecule has 0 aliphatic heterocycles. The highest BCUT2D eigenvalue weighted by molar-refractivity contribution is 7.89. The minimum Gasteiger partial charge on any atom is -0.497 e. The van der Waals surface area contributed by atoms with Gasteiger partial charge in [-0.05, 0) is 79.7 Å². The molecule has 3 rings (SSSR count). The summed E-state index contributed by atoms with van der Waals surface area (Å²) >= 11 is 0. The van der Waals surface area contributed by atoms with E-state index in [1.54, 1.807) is 26.4 Å². The molecule has 3 aromatic carbocycles. The van der Waals surface area contributed by atoms with E-state index in [9.17, 15) is 8.42 Å². The smallest absolute Gasteiger partial charge is 0.243 e. The third-order valence-corrected chi connectivity index (χ3v) is 7.05.